The Kier molecular flexibility index (Phi) is 7.06. The Hall–Kier alpha value is -0.0800. The molecule has 1 N–H and O–H groups in total. The Labute approximate surface area is 102 Å². The Morgan fingerprint density at radius 3 is 2.62 bits per heavy atom. The van der Waals surface area contributed by atoms with Crippen molar-refractivity contribution in [3.05, 3.63) is 0 Å². The van der Waals surface area contributed by atoms with Crippen LogP contribution in [0, 0.1) is 5.92 Å². The van der Waals surface area contributed by atoms with Gasteiger partial charge < -0.3 is 10.2 Å². The second kappa shape index (κ2) is 8.08. The largest absolute Gasteiger partial charge is 0.315 e. The van der Waals surface area contributed by atoms with Gasteiger partial charge >= 0.3 is 0 Å². The van der Waals surface area contributed by atoms with E-state index in [4.69, 9.17) is 0 Å². The van der Waals surface area contributed by atoms with E-state index in [0.717, 1.165) is 12.5 Å². The molecule has 96 valence electrons. The van der Waals surface area contributed by atoms with Crippen LogP contribution in [-0.2, 0) is 0 Å². The zero-order chi connectivity index (χ0) is 11.8. The number of hydrogen-bond acceptors (Lipinski definition) is 2. The summed E-state index contributed by atoms with van der Waals surface area (Å²) in [5, 5.41) is 3.57. The van der Waals surface area contributed by atoms with Crippen molar-refractivity contribution in [2.75, 3.05) is 26.7 Å². The molecule has 1 unspecified atom stereocenters. The number of nitrogens with zero attached hydrogens (tertiary/aromatic N) is 1. The molecule has 16 heavy (non-hydrogen) atoms. The van der Waals surface area contributed by atoms with Crippen LogP contribution >= 0.6 is 0 Å². The normalized spacial score (nSPS) is 18.8. The summed E-state index contributed by atoms with van der Waals surface area (Å²) in [5.41, 5.74) is 0. The van der Waals surface area contributed by atoms with Gasteiger partial charge in [-0.15, -0.1) is 0 Å². The molecule has 0 aliphatic heterocycles. The summed E-state index contributed by atoms with van der Waals surface area (Å²) < 4.78 is 0. The molecule has 1 aliphatic carbocycles. The molecule has 0 heterocycles. The van der Waals surface area contributed by atoms with Crippen molar-refractivity contribution < 1.29 is 0 Å². The second-order valence-electron chi connectivity index (χ2n) is 5.50. The zero-order valence-corrected chi connectivity index (χ0v) is 11.5. The molecule has 1 atom stereocenters. The van der Waals surface area contributed by atoms with Crippen LogP contribution in [0.25, 0.3) is 0 Å². The Morgan fingerprint density at radius 1 is 1.31 bits per heavy atom. The molecule has 0 aromatic rings. The van der Waals surface area contributed by atoms with Crippen LogP contribution in [0.2, 0.25) is 0 Å². The summed E-state index contributed by atoms with van der Waals surface area (Å²) in [6.45, 7) is 8.24. The van der Waals surface area contributed by atoms with Crippen molar-refractivity contribution >= 4 is 0 Å². The van der Waals surface area contributed by atoms with Gasteiger partial charge in [0.1, 0.15) is 0 Å². The monoisotopic (exact) mass is 226 g/mol. The van der Waals surface area contributed by atoms with Gasteiger partial charge in [0.05, 0.1) is 0 Å². The fraction of sp³-hybridized carbons (Fsp3) is 1.00. The maximum atomic E-state index is 3.57. The minimum atomic E-state index is 0.683. The summed E-state index contributed by atoms with van der Waals surface area (Å²) >= 11 is 0. The van der Waals surface area contributed by atoms with Crippen LogP contribution in [0.3, 0.4) is 0 Å². The van der Waals surface area contributed by atoms with Gasteiger partial charge in [-0.1, -0.05) is 26.2 Å². The average Bonchev–Trinajstić information content (AvgIpc) is 2.22. The van der Waals surface area contributed by atoms with Gasteiger partial charge in [-0.2, -0.15) is 0 Å². The van der Waals surface area contributed by atoms with Crippen LogP contribution in [0.1, 0.15) is 52.4 Å². The fourth-order valence-electron chi connectivity index (χ4n) is 2.23. The van der Waals surface area contributed by atoms with E-state index in [0.29, 0.717) is 6.04 Å². The number of nitrogens with one attached hydrogen (secondary N) is 1. The maximum absolute atomic E-state index is 3.57. The molecule has 0 spiro atoms. The molecule has 0 amide bonds. The summed E-state index contributed by atoms with van der Waals surface area (Å²) in [6.07, 6.45) is 8.39. The number of hydrogen-bond donors (Lipinski definition) is 1. The van der Waals surface area contributed by atoms with Gasteiger partial charge in [0.2, 0.25) is 0 Å². The predicted molar refractivity (Wildman–Crippen MR) is 71.8 cm³/mol. The van der Waals surface area contributed by atoms with Crippen LogP contribution in [0.15, 0.2) is 0 Å². The molecule has 2 heteroatoms. The third kappa shape index (κ3) is 5.31. The van der Waals surface area contributed by atoms with Crippen molar-refractivity contribution in [1.29, 1.82) is 0 Å². The lowest BCUT2D eigenvalue weighted by Gasteiger charge is -2.33. The molecule has 0 saturated heterocycles. The molecule has 0 radical (unpaired) electrons. The van der Waals surface area contributed by atoms with Gasteiger partial charge in [-0.3, -0.25) is 0 Å². The van der Waals surface area contributed by atoms with E-state index in [1.807, 2.05) is 0 Å². The van der Waals surface area contributed by atoms with Crippen molar-refractivity contribution in [3.63, 3.8) is 0 Å². The zero-order valence-electron chi connectivity index (χ0n) is 11.5. The summed E-state index contributed by atoms with van der Waals surface area (Å²) in [5.74, 6) is 0.993. The Morgan fingerprint density at radius 2 is 2.06 bits per heavy atom. The Balaban J connectivity index is 1.97. The lowest BCUT2D eigenvalue weighted by atomic mass is 9.85. The van der Waals surface area contributed by atoms with E-state index in [9.17, 15) is 0 Å². The molecule has 0 aromatic heterocycles. The quantitative estimate of drug-likeness (QED) is 0.608. The summed E-state index contributed by atoms with van der Waals surface area (Å²) in [4.78, 5) is 2.52. The molecule has 1 aliphatic rings. The topological polar surface area (TPSA) is 15.3 Å². The van der Waals surface area contributed by atoms with Gasteiger partial charge in [-0.25, -0.2) is 0 Å². The third-order valence-electron chi connectivity index (χ3n) is 3.92. The average molecular weight is 226 g/mol. The van der Waals surface area contributed by atoms with Crippen molar-refractivity contribution in [2.24, 2.45) is 5.92 Å². The third-order valence-corrected chi connectivity index (χ3v) is 3.92. The first-order valence-electron chi connectivity index (χ1n) is 7.15. The first-order valence-corrected chi connectivity index (χ1v) is 7.15. The first kappa shape index (κ1) is 14.0. The van der Waals surface area contributed by atoms with E-state index >= 15 is 0 Å². The lowest BCUT2D eigenvalue weighted by Crippen LogP contribution is -2.41. The Bertz CT molecular complexity index is 166. The SMILES string of the molecule is CCCCCNCC(C)N(C)CC1CCC1. The van der Waals surface area contributed by atoms with Gasteiger partial charge in [0, 0.05) is 19.1 Å². The standard InChI is InChI=1S/C14H30N2/c1-4-5-6-10-15-11-13(2)16(3)12-14-8-7-9-14/h13-15H,4-12H2,1-3H3. The first-order chi connectivity index (χ1) is 7.74. The second-order valence-corrected chi connectivity index (χ2v) is 5.50. The molecule has 0 aromatic carbocycles. The van der Waals surface area contributed by atoms with Crippen molar-refractivity contribution in [3.8, 4) is 0 Å². The highest BCUT2D eigenvalue weighted by atomic mass is 15.1. The smallest absolute Gasteiger partial charge is 0.0189 e. The van der Waals surface area contributed by atoms with E-state index in [2.05, 4.69) is 31.1 Å². The van der Waals surface area contributed by atoms with E-state index in [1.165, 1.54) is 51.6 Å². The van der Waals surface area contributed by atoms with Gasteiger partial charge in [0.25, 0.3) is 0 Å². The molecule has 0 bridgehead atoms. The molecule has 1 rings (SSSR count). The van der Waals surface area contributed by atoms with Crippen LogP contribution in [0.4, 0.5) is 0 Å². The highest BCUT2D eigenvalue weighted by Gasteiger charge is 2.20. The van der Waals surface area contributed by atoms with Crippen molar-refractivity contribution in [1.82, 2.24) is 10.2 Å². The summed E-state index contributed by atoms with van der Waals surface area (Å²) in [6, 6.07) is 0.683. The number of unbranched alkanes of at least 4 members (excludes halogenated alkanes) is 2. The maximum Gasteiger partial charge on any atom is 0.0189 e. The van der Waals surface area contributed by atoms with Gasteiger partial charge in [0.15, 0.2) is 0 Å². The highest BCUT2D eigenvalue weighted by Crippen LogP contribution is 2.27. The number of likely N-dealkylation sites (N-methyl/N-ethyl adjacent to an activating group) is 1. The molecular weight excluding hydrogens is 196 g/mol. The number of rotatable bonds is 9. The summed E-state index contributed by atoms with van der Waals surface area (Å²) in [7, 11) is 2.27. The van der Waals surface area contributed by atoms with Crippen LogP contribution in [-0.4, -0.2) is 37.6 Å². The minimum Gasteiger partial charge on any atom is -0.315 e. The van der Waals surface area contributed by atoms with Gasteiger partial charge in [-0.05, 0) is 45.7 Å². The molecule has 2 nitrogen and oxygen atoms in total. The van der Waals surface area contributed by atoms with Crippen LogP contribution in [0.5, 0.6) is 0 Å². The van der Waals surface area contributed by atoms with Crippen LogP contribution < -0.4 is 5.32 Å². The molecule has 1 fully saturated rings. The lowest BCUT2D eigenvalue weighted by molar-refractivity contribution is 0.167. The predicted octanol–water partition coefficient (Wildman–Crippen LogP) is 2.89. The fourth-order valence-corrected chi connectivity index (χ4v) is 2.23. The van der Waals surface area contributed by atoms with E-state index < -0.39 is 0 Å². The van der Waals surface area contributed by atoms with Crippen molar-refractivity contribution in [2.45, 2.75) is 58.4 Å². The highest BCUT2D eigenvalue weighted by molar-refractivity contribution is 4.75. The molecule has 1 saturated carbocycles. The van der Waals surface area contributed by atoms with E-state index in [1.54, 1.807) is 0 Å². The minimum absolute atomic E-state index is 0.683. The molecular formula is C14H30N2. The van der Waals surface area contributed by atoms with E-state index in [-0.39, 0.29) is 0 Å².